The van der Waals surface area contributed by atoms with Crippen LogP contribution in [0.5, 0.6) is 0 Å². The lowest BCUT2D eigenvalue weighted by atomic mass is 10.1. The smallest absolute Gasteiger partial charge is 0.155 e. The molecule has 1 aromatic heterocycles. The van der Waals surface area contributed by atoms with Crippen LogP contribution in [0.15, 0.2) is 0 Å². The highest BCUT2D eigenvalue weighted by atomic mass is 16.3. The summed E-state index contributed by atoms with van der Waals surface area (Å²) in [6.07, 6.45) is 3.46. The van der Waals surface area contributed by atoms with Crippen LogP contribution < -0.4 is 0 Å². The van der Waals surface area contributed by atoms with Gasteiger partial charge in [-0.15, -0.1) is 0 Å². The summed E-state index contributed by atoms with van der Waals surface area (Å²) in [6, 6.07) is 0. The SMILES string of the molecule is CN1CCC(c2nc3n(n2)C(O)CCC3)C1. The number of rotatable bonds is 1. The van der Waals surface area contributed by atoms with Gasteiger partial charge in [0, 0.05) is 18.9 Å². The topological polar surface area (TPSA) is 54.2 Å². The fourth-order valence-electron chi connectivity index (χ4n) is 2.67. The van der Waals surface area contributed by atoms with Gasteiger partial charge < -0.3 is 10.0 Å². The van der Waals surface area contributed by atoms with E-state index in [0.29, 0.717) is 5.92 Å². The van der Waals surface area contributed by atoms with Crippen LogP contribution in [0.4, 0.5) is 0 Å². The van der Waals surface area contributed by atoms with Crippen LogP contribution in [0.25, 0.3) is 0 Å². The van der Waals surface area contributed by atoms with Gasteiger partial charge >= 0.3 is 0 Å². The lowest BCUT2D eigenvalue weighted by Gasteiger charge is -2.17. The van der Waals surface area contributed by atoms with Crippen LogP contribution in [0.2, 0.25) is 0 Å². The van der Waals surface area contributed by atoms with Crippen molar-refractivity contribution in [1.29, 1.82) is 0 Å². The van der Waals surface area contributed by atoms with E-state index in [1.807, 2.05) is 0 Å². The Morgan fingerprint density at radius 1 is 1.38 bits per heavy atom. The fraction of sp³-hybridized carbons (Fsp3) is 0.818. The predicted molar refractivity (Wildman–Crippen MR) is 59.1 cm³/mol. The van der Waals surface area contributed by atoms with Gasteiger partial charge in [-0.2, -0.15) is 5.10 Å². The molecule has 0 aliphatic carbocycles. The summed E-state index contributed by atoms with van der Waals surface area (Å²) >= 11 is 0. The molecule has 5 nitrogen and oxygen atoms in total. The molecule has 0 bridgehead atoms. The second-order valence-corrected chi connectivity index (χ2v) is 4.95. The van der Waals surface area contributed by atoms with E-state index in [4.69, 9.17) is 0 Å². The Labute approximate surface area is 95.1 Å². The van der Waals surface area contributed by atoms with Gasteiger partial charge in [-0.1, -0.05) is 0 Å². The van der Waals surface area contributed by atoms with Gasteiger partial charge in [0.15, 0.2) is 5.82 Å². The van der Waals surface area contributed by atoms with Crippen molar-refractivity contribution in [3.63, 3.8) is 0 Å². The summed E-state index contributed by atoms with van der Waals surface area (Å²) in [7, 11) is 2.13. The van der Waals surface area contributed by atoms with E-state index in [0.717, 1.165) is 50.4 Å². The average molecular weight is 222 g/mol. The molecule has 3 heterocycles. The first kappa shape index (κ1) is 10.2. The summed E-state index contributed by atoms with van der Waals surface area (Å²) in [5.41, 5.74) is 0. The Balaban J connectivity index is 1.86. The van der Waals surface area contributed by atoms with Crippen molar-refractivity contribution < 1.29 is 5.11 Å². The standard InChI is InChI=1S/C11H18N4O/c1-14-6-5-8(7-14)11-12-9-3-2-4-10(16)15(9)13-11/h8,10,16H,2-7H2,1H3. The summed E-state index contributed by atoms with van der Waals surface area (Å²) in [5, 5.41) is 14.3. The van der Waals surface area contributed by atoms with E-state index < -0.39 is 6.23 Å². The van der Waals surface area contributed by atoms with Crippen molar-refractivity contribution in [3.05, 3.63) is 11.6 Å². The zero-order valence-corrected chi connectivity index (χ0v) is 9.63. The lowest BCUT2D eigenvalue weighted by Crippen LogP contribution is -2.18. The Morgan fingerprint density at radius 2 is 2.25 bits per heavy atom. The zero-order valence-electron chi connectivity index (χ0n) is 9.63. The first-order valence-corrected chi connectivity index (χ1v) is 6.06. The Hall–Kier alpha value is -0.940. The molecule has 2 atom stereocenters. The predicted octanol–water partition coefficient (Wildman–Crippen LogP) is 0.524. The van der Waals surface area contributed by atoms with Crippen LogP contribution in [-0.2, 0) is 6.42 Å². The van der Waals surface area contributed by atoms with E-state index in [-0.39, 0.29) is 0 Å². The zero-order chi connectivity index (χ0) is 11.1. The molecule has 3 rings (SSSR count). The maximum atomic E-state index is 9.82. The first-order chi connectivity index (χ1) is 7.74. The van der Waals surface area contributed by atoms with Crippen LogP contribution >= 0.6 is 0 Å². The molecule has 0 radical (unpaired) electrons. The number of likely N-dealkylation sites (tertiary alicyclic amines) is 1. The number of hydrogen-bond acceptors (Lipinski definition) is 4. The minimum Gasteiger partial charge on any atom is -0.372 e. The molecule has 2 aliphatic rings. The molecule has 5 heteroatoms. The Morgan fingerprint density at radius 3 is 2.94 bits per heavy atom. The number of aryl methyl sites for hydroxylation is 1. The number of aromatic nitrogens is 3. The molecule has 0 amide bonds. The van der Waals surface area contributed by atoms with Crippen molar-refractivity contribution in [2.45, 2.75) is 37.8 Å². The Bertz CT molecular complexity index is 389. The summed E-state index contributed by atoms with van der Waals surface area (Å²) < 4.78 is 1.72. The van der Waals surface area contributed by atoms with Crippen molar-refractivity contribution in [3.8, 4) is 0 Å². The van der Waals surface area contributed by atoms with Crippen molar-refractivity contribution >= 4 is 0 Å². The molecule has 0 aromatic carbocycles. The normalized spacial score (nSPS) is 30.6. The van der Waals surface area contributed by atoms with Crippen molar-refractivity contribution in [2.24, 2.45) is 0 Å². The van der Waals surface area contributed by atoms with Gasteiger partial charge in [0.2, 0.25) is 0 Å². The fourth-order valence-corrected chi connectivity index (χ4v) is 2.67. The number of fused-ring (bicyclic) bond motifs is 1. The van der Waals surface area contributed by atoms with E-state index in [9.17, 15) is 5.11 Å². The van der Waals surface area contributed by atoms with Gasteiger partial charge in [0.1, 0.15) is 12.1 Å². The first-order valence-electron chi connectivity index (χ1n) is 6.06. The minimum absolute atomic E-state index is 0.454. The third kappa shape index (κ3) is 1.64. The van der Waals surface area contributed by atoms with Crippen LogP contribution in [0, 0.1) is 0 Å². The number of aliphatic hydroxyl groups is 1. The molecule has 1 aromatic rings. The number of aliphatic hydroxyl groups excluding tert-OH is 1. The van der Waals surface area contributed by atoms with E-state index >= 15 is 0 Å². The van der Waals surface area contributed by atoms with Gasteiger partial charge in [-0.25, -0.2) is 9.67 Å². The van der Waals surface area contributed by atoms with Gasteiger partial charge in [-0.3, -0.25) is 0 Å². The molecule has 16 heavy (non-hydrogen) atoms. The molecule has 1 N–H and O–H groups in total. The molecule has 1 saturated heterocycles. The summed E-state index contributed by atoms with van der Waals surface area (Å²) in [5.74, 6) is 2.35. The second-order valence-electron chi connectivity index (χ2n) is 4.95. The van der Waals surface area contributed by atoms with Crippen LogP contribution in [0.1, 0.15) is 43.1 Å². The average Bonchev–Trinajstić information content (AvgIpc) is 2.84. The van der Waals surface area contributed by atoms with Crippen LogP contribution in [-0.4, -0.2) is 44.9 Å². The number of nitrogens with zero attached hydrogens (tertiary/aromatic N) is 4. The minimum atomic E-state index is -0.455. The highest BCUT2D eigenvalue weighted by molar-refractivity contribution is 5.04. The molecule has 88 valence electrons. The monoisotopic (exact) mass is 222 g/mol. The number of hydrogen-bond donors (Lipinski definition) is 1. The van der Waals surface area contributed by atoms with E-state index in [1.165, 1.54) is 0 Å². The van der Waals surface area contributed by atoms with Crippen molar-refractivity contribution in [1.82, 2.24) is 19.7 Å². The molecule has 1 fully saturated rings. The van der Waals surface area contributed by atoms with Crippen molar-refractivity contribution in [2.75, 3.05) is 20.1 Å². The number of likely N-dealkylation sites (N-methyl/N-ethyl adjacent to an activating group) is 1. The van der Waals surface area contributed by atoms with E-state index in [2.05, 4.69) is 22.0 Å². The maximum Gasteiger partial charge on any atom is 0.155 e. The van der Waals surface area contributed by atoms with Gasteiger partial charge in [0.25, 0.3) is 0 Å². The second kappa shape index (κ2) is 3.82. The Kier molecular flexibility index (Phi) is 2.44. The van der Waals surface area contributed by atoms with E-state index in [1.54, 1.807) is 4.68 Å². The summed E-state index contributed by atoms with van der Waals surface area (Å²) in [6.45, 7) is 2.16. The van der Waals surface area contributed by atoms with Crippen LogP contribution in [0.3, 0.4) is 0 Å². The van der Waals surface area contributed by atoms with Gasteiger partial charge in [0.05, 0.1) is 0 Å². The quantitative estimate of drug-likeness (QED) is 0.753. The third-order valence-corrected chi connectivity index (χ3v) is 3.62. The molecular formula is C11H18N4O. The molecule has 2 unspecified atom stereocenters. The molecule has 0 saturated carbocycles. The highest BCUT2D eigenvalue weighted by Crippen LogP contribution is 2.27. The molecular weight excluding hydrogens is 204 g/mol. The van der Waals surface area contributed by atoms with Gasteiger partial charge in [-0.05, 0) is 32.9 Å². The summed E-state index contributed by atoms with van der Waals surface area (Å²) in [4.78, 5) is 6.89. The molecule has 2 aliphatic heterocycles. The third-order valence-electron chi connectivity index (χ3n) is 3.62. The highest BCUT2D eigenvalue weighted by Gasteiger charge is 2.28. The largest absolute Gasteiger partial charge is 0.372 e. The molecule has 0 spiro atoms. The maximum absolute atomic E-state index is 9.82. The lowest BCUT2D eigenvalue weighted by molar-refractivity contribution is 0.0642.